The minimum atomic E-state index is 0.634. The van der Waals surface area contributed by atoms with Crippen molar-refractivity contribution in [3.63, 3.8) is 0 Å². The number of hydrogen-bond donors (Lipinski definition) is 1. The fourth-order valence-corrected chi connectivity index (χ4v) is 2.66. The van der Waals surface area contributed by atoms with Crippen LogP contribution in [0.5, 0.6) is 0 Å². The fourth-order valence-electron chi connectivity index (χ4n) is 2.66. The highest BCUT2D eigenvalue weighted by molar-refractivity contribution is 4.80. The van der Waals surface area contributed by atoms with Gasteiger partial charge in [-0.1, -0.05) is 33.1 Å². The van der Waals surface area contributed by atoms with Crippen LogP contribution in [0.15, 0.2) is 0 Å². The van der Waals surface area contributed by atoms with Crippen LogP contribution < -0.4 is 5.32 Å². The maximum atomic E-state index is 5.16. The molecule has 1 rings (SSSR count). The first kappa shape index (κ1) is 13.0. The van der Waals surface area contributed by atoms with Gasteiger partial charge in [-0.15, -0.1) is 0 Å². The highest BCUT2D eigenvalue weighted by Gasteiger charge is 2.23. The van der Waals surface area contributed by atoms with E-state index in [0.717, 1.165) is 25.1 Å². The normalized spacial score (nSPS) is 29.0. The predicted octanol–water partition coefficient (Wildman–Crippen LogP) is 2.83. The first-order chi connectivity index (χ1) is 7.27. The second-order valence-electron chi connectivity index (χ2n) is 5.03. The van der Waals surface area contributed by atoms with E-state index in [1.165, 1.54) is 32.1 Å². The highest BCUT2D eigenvalue weighted by atomic mass is 16.5. The average Bonchev–Trinajstić information content (AvgIpc) is 2.27. The Bertz CT molecular complexity index is 161. The Morgan fingerprint density at radius 3 is 2.73 bits per heavy atom. The summed E-state index contributed by atoms with van der Waals surface area (Å²) in [6, 6.07) is 0.767. The lowest BCUT2D eigenvalue weighted by atomic mass is 9.83. The van der Waals surface area contributed by atoms with E-state index in [1.807, 2.05) is 0 Å². The van der Waals surface area contributed by atoms with Crippen LogP contribution in [0.1, 0.15) is 46.0 Å². The van der Waals surface area contributed by atoms with E-state index in [0.29, 0.717) is 5.92 Å². The summed E-state index contributed by atoms with van der Waals surface area (Å²) >= 11 is 0. The molecule has 0 aliphatic heterocycles. The van der Waals surface area contributed by atoms with Crippen molar-refractivity contribution >= 4 is 0 Å². The Balaban J connectivity index is 2.22. The molecule has 1 aliphatic rings. The molecule has 0 aromatic rings. The molecule has 0 aromatic carbocycles. The van der Waals surface area contributed by atoms with Crippen LogP contribution in [0, 0.1) is 11.8 Å². The van der Waals surface area contributed by atoms with E-state index in [-0.39, 0.29) is 0 Å². The van der Waals surface area contributed by atoms with Crippen molar-refractivity contribution < 1.29 is 4.74 Å². The van der Waals surface area contributed by atoms with Gasteiger partial charge in [0.15, 0.2) is 0 Å². The molecule has 0 heterocycles. The molecule has 3 atom stereocenters. The summed E-state index contributed by atoms with van der Waals surface area (Å²) in [6.45, 7) is 6.55. The van der Waals surface area contributed by atoms with Crippen molar-refractivity contribution in [2.45, 2.75) is 52.0 Å². The molecule has 3 unspecified atom stereocenters. The summed E-state index contributed by atoms with van der Waals surface area (Å²) in [4.78, 5) is 0. The summed E-state index contributed by atoms with van der Waals surface area (Å²) in [5.41, 5.74) is 0. The third kappa shape index (κ3) is 4.52. The summed E-state index contributed by atoms with van der Waals surface area (Å²) in [5, 5.41) is 3.73. The maximum Gasteiger partial charge on any atom is 0.0499 e. The van der Waals surface area contributed by atoms with Gasteiger partial charge in [-0.3, -0.25) is 0 Å². The third-order valence-corrected chi connectivity index (χ3v) is 3.61. The monoisotopic (exact) mass is 213 g/mol. The van der Waals surface area contributed by atoms with E-state index >= 15 is 0 Å². The standard InChI is InChI=1S/C13H27NO/c1-4-12-7-5-6-8-13(12)14-9-11(2)10-15-3/h11-14H,4-10H2,1-3H3. The molecular weight excluding hydrogens is 186 g/mol. The lowest BCUT2D eigenvalue weighted by molar-refractivity contribution is 0.151. The van der Waals surface area contributed by atoms with Crippen molar-refractivity contribution in [3.05, 3.63) is 0 Å². The van der Waals surface area contributed by atoms with E-state index in [4.69, 9.17) is 4.74 Å². The second kappa shape index (κ2) is 7.24. The Labute approximate surface area is 94.8 Å². The van der Waals surface area contributed by atoms with Gasteiger partial charge < -0.3 is 10.1 Å². The van der Waals surface area contributed by atoms with E-state index in [2.05, 4.69) is 19.2 Å². The number of nitrogens with one attached hydrogen (secondary N) is 1. The molecule has 0 bridgehead atoms. The van der Waals surface area contributed by atoms with Gasteiger partial charge in [-0.2, -0.15) is 0 Å². The molecule has 2 nitrogen and oxygen atoms in total. The molecular formula is C13H27NO. The van der Waals surface area contributed by atoms with Gasteiger partial charge in [0.05, 0.1) is 0 Å². The van der Waals surface area contributed by atoms with Crippen LogP contribution in [0.2, 0.25) is 0 Å². The Morgan fingerprint density at radius 1 is 1.33 bits per heavy atom. The minimum Gasteiger partial charge on any atom is -0.384 e. The van der Waals surface area contributed by atoms with Gasteiger partial charge in [0.25, 0.3) is 0 Å². The van der Waals surface area contributed by atoms with Crippen LogP contribution in [0.25, 0.3) is 0 Å². The van der Waals surface area contributed by atoms with E-state index in [9.17, 15) is 0 Å². The topological polar surface area (TPSA) is 21.3 Å². The third-order valence-electron chi connectivity index (χ3n) is 3.61. The minimum absolute atomic E-state index is 0.634. The molecule has 0 amide bonds. The maximum absolute atomic E-state index is 5.16. The van der Waals surface area contributed by atoms with Gasteiger partial charge >= 0.3 is 0 Å². The molecule has 1 N–H and O–H groups in total. The number of rotatable bonds is 6. The molecule has 15 heavy (non-hydrogen) atoms. The van der Waals surface area contributed by atoms with Gasteiger partial charge in [0, 0.05) is 26.3 Å². The molecule has 2 heteroatoms. The van der Waals surface area contributed by atoms with Crippen molar-refractivity contribution in [3.8, 4) is 0 Å². The number of ether oxygens (including phenoxy) is 1. The van der Waals surface area contributed by atoms with Crippen LogP contribution in [0.4, 0.5) is 0 Å². The zero-order chi connectivity index (χ0) is 11.1. The molecule has 0 saturated heterocycles. The van der Waals surface area contributed by atoms with Crippen molar-refractivity contribution in [2.24, 2.45) is 11.8 Å². The Kier molecular flexibility index (Phi) is 6.26. The molecule has 1 saturated carbocycles. The van der Waals surface area contributed by atoms with E-state index in [1.54, 1.807) is 7.11 Å². The van der Waals surface area contributed by atoms with Crippen LogP contribution >= 0.6 is 0 Å². The van der Waals surface area contributed by atoms with Gasteiger partial charge in [-0.05, 0) is 24.7 Å². The van der Waals surface area contributed by atoms with Crippen LogP contribution in [0.3, 0.4) is 0 Å². The van der Waals surface area contributed by atoms with Gasteiger partial charge in [0.1, 0.15) is 0 Å². The number of methoxy groups -OCH3 is 1. The molecule has 0 radical (unpaired) electrons. The second-order valence-corrected chi connectivity index (χ2v) is 5.03. The molecule has 1 aliphatic carbocycles. The fraction of sp³-hybridized carbons (Fsp3) is 1.00. The van der Waals surface area contributed by atoms with Crippen molar-refractivity contribution in [1.29, 1.82) is 0 Å². The van der Waals surface area contributed by atoms with Crippen molar-refractivity contribution in [2.75, 3.05) is 20.3 Å². The lowest BCUT2D eigenvalue weighted by Gasteiger charge is -2.32. The Hall–Kier alpha value is -0.0800. The first-order valence-electron chi connectivity index (χ1n) is 6.50. The molecule has 0 spiro atoms. The highest BCUT2D eigenvalue weighted by Crippen LogP contribution is 2.26. The largest absolute Gasteiger partial charge is 0.384 e. The molecule has 0 aromatic heterocycles. The summed E-state index contributed by atoms with van der Waals surface area (Å²) < 4.78 is 5.16. The SMILES string of the molecule is CCC1CCCCC1NCC(C)COC. The summed E-state index contributed by atoms with van der Waals surface area (Å²) in [5.74, 6) is 1.54. The molecule has 90 valence electrons. The zero-order valence-electron chi connectivity index (χ0n) is 10.6. The quantitative estimate of drug-likeness (QED) is 0.732. The molecule has 1 fully saturated rings. The average molecular weight is 213 g/mol. The van der Waals surface area contributed by atoms with Crippen LogP contribution in [-0.2, 0) is 4.74 Å². The predicted molar refractivity (Wildman–Crippen MR) is 65.1 cm³/mol. The smallest absolute Gasteiger partial charge is 0.0499 e. The lowest BCUT2D eigenvalue weighted by Crippen LogP contribution is -2.40. The van der Waals surface area contributed by atoms with Crippen molar-refractivity contribution in [1.82, 2.24) is 5.32 Å². The first-order valence-corrected chi connectivity index (χ1v) is 6.50. The zero-order valence-corrected chi connectivity index (χ0v) is 10.6. The van der Waals surface area contributed by atoms with Crippen LogP contribution in [-0.4, -0.2) is 26.3 Å². The summed E-state index contributed by atoms with van der Waals surface area (Å²) in [6.07, 6.45) is 6.97. The van der Waals surface area contributed by atoms with E-state index < -0.39 is 0 Å². The number of hydrogen-bond acceptors (Lipinski definition) is 2. The summed E-state index contributed by atoms with van der Waals surface area (Å²) in [7, 11) is 1.78. The Morgan fingerprint density at radius 2 is 2.07 bits per heavy atom. The van der Waals surface area contributed by atoms with Gasteiger partial charge in [-0.25, -0.2) is 0 Å². The van der Waals surface area contributed by atoms with Gasteiger partial charge in [0.2, 0.25) is 0 Å².